The standard InChI is InChI=1S/C25H29ClN2O6/c1-27(25(13-7-6-12-20(25)29)18-10-4-5-11-19(18)26)21(30)15-34-22(31)14-28-23(32)16-8-2-3-9-17(16)24(28)33/h4-5,10-11,16-17H,2-3,6-9,12-15H2,1H3/t16-,17-,25+/m1/s1. The summed E-state index contributed by atoms with van der Waals surface area (Å²) in [6.07, 6.45) is 5.33. The summed E-state index contributed by atoms with van der Waals surface area (Å²) in [6.45, 7) is -1.10. The minimum absolute atomic E-state index is 0.107. The monoisotopic (exact) mass is 488 g/mol. The third-order valence-corrected chi connectivity index (χ3v) is 7.83. The van der Waals surface area contributed by atoms with Crippen LogP contribution in [-0.2, 0) is 34.2 Å². The molecule has 0 radical (unpaired) electrons. The van der Waals surface area contributed by atoms with Crippen LogP contribution in [0.25, 0.3) is 0 Å². The lowest BCUT2D eigenvalue weighted by molar-refractivity contribution is -0.160. The van der Waals surface area contributed by atoms with Gasteiger partial charge in [0.05, 0.1) is 11.8 Å². The molecule has 1 aromatic rings. The lowest BCUT2D eigenvalue weighted by Crippen LogP contribution is -2.55. The van der Waals surface area contributed by atoms with Crippen LogP contribution in [0.5, 0.6) is 0 Å². The summed E-state index contributed by atoms with van der Waals surface area (Å²) in [4.78, 5) is 66.1. The highest BCUT2D eigenvalue weighted by molar-refractivity contribution is 6.31. The Labute approximate surface area is 203 Å². The highest BCUT2D eigenvalue weighted by atomic mass is 35.5. The van der Waals surface area contributed by atoms with Gasteiger partial charge in [-0.1, -0.05) is 42.6 Å². The molecule has 3 atom stereocenters. The van der Waals surface area contributed by atoms with E-state index in [2.05, 4.69) is 0 Å². The number of nitrogens with zero attached hydrogens (tertiary/aromatic N) is 2. The smallest absolute Gasteiger partial charge is 0.326 e. The summed E-state index contributed by atoms with van der Waals surface area (Å²) < 4.78 is 5.15. The molecule has 8 nitrogen and oxygen atoms in total. The van der Waals surface area contributed by atoms with Crippen LogP contribution >= 0.6 is 11.6 Å². The molecule has 0 spiro atoms. The average Bonchev–Trinajstić information content (AvgIpc) is 3.08. The number of esters is 1. The number of benzene rings is 1. The van der Waals surface area contributed by atoms with E-state index in [1.54, 1.807) is 24.3 Å². The van der Waals surface area contributed by atoms with E-state index in [1.807, 2.05) is 0 Å². The number of fused-ring (bicyclic) bond motifs is 1. The molecule has 3 aliphatic rings. The van der Waals surface area contributed by atoms with E-state index in [0.29, 0.717) is 36.3 Å². The summed E-state index contributed by atoms with van der Waals surface area (Å²) in [5, 5.41) is 0.391. The average molecular weight is 489 g/mol. The van der Waals surface area contributed by atoms with E-state index < -0.39 is 30.6 Å². The van der Waals surface area contributed by atoms with Crippen LogP contribution in [-0.4, -0.2) is 59.5 Å². The van der Waals surface area contributed by atoms with E-state index in [0.717, 1.165) is 30.6 Å². The number of imide groups is 1. The minimum Gasteiger partial charge on any atom is -0.454 e. The number of amides is 3. The highest BCUT2D eigenvalue weighted by Gasteiger charge is 2.50. The number of likely N-dealkylation sites (N-methyl/N-ethyl adjacent to an activating group) is 1. The van der Waals surface area contributed by atoms with Crippen molar-refractivity contribution in [3.8, 4) is 0 Å². The molecule has 9 heteroatoms. The fourth-order valence-electron chi connectivity index (χ4n) is 5.64. The second-order valence-electron chi connectivity index (χ2n) is 9.34. The SMILES string of the molecule is CN(C(=O)COC(=O)CN1C(=O)[C@@H]2CCCC[C@H]2C1=O)[C@]1(c2ccccc2Cl)CCCCC1=O. The zero-order valence-corrected chi connectivity index (χ0v) is 20.0. The fraction of sp³-hybridized carbons (Fsp3) is 0.560. The van der Waals surface area contributed by atoms with Gasteiger partial charge < -0.3 is 9.64 Å². The number of hydrogen-bond donors (Lipinski definition) is 0. The summed E-state index contributed by atoms with van der Waals surface area (Å²) in [6, 6.07) is 6.95. The van der Waals surface area contributed by atoms with Gasteiger partial charge in [0.1, 0.15) is 12.1 Å². The van der Waals surface area contributed by atoms with Crippen molar-refractivity contribution in [2.24, 2.45) is 11.8 Å². The van der Waals surface area contributed by atoms with E-state index in [-0.39, 0.29) is 29.4 Å². The molecule has 3 fully saturated rings. The van der Waals surface area contributed by atoms with Gasteiger partial charge in [0.2, 0.25) is 11.8 Å². The number of carbonyl (C=O) groups is 5. The van der Waals surface area contributed by atoms with Gasteiger partial charge in [-0.15, -0.1) is 0 Å². The second-order valence-corrected chi connectivity index (χ2v) is 9.75. The Bertz CT molecular complexity index is 1000. The molecule has 0 unspecified atom stereocenters. The first kappa shape index (κ1) is 24.4. The zero-order chi connectivity index (χ0) is 24.5. The van der Waals surface area contributed by atoms with Gasteiger partial charge >= 0.3 is 5.97 Å². The molecular formula is C25H29ClN2O6. The first-order valence-corrected chi connectivity index (χ1v) is 12.2. The molecule has 0 aromatic heterocycles. The van der Waals surface area contributed by atoms with Crippen molar-refractivity contribution in [1.29, 1.82) is 0 Å². The zero-order valence-electron chi connectivity index (χ0n) is 19.3. The quantitative estimate of drug-likeness (QED) is 0.451. The summed E-state index contributed by atoms with van der Waals surface area (Å²) in [5.74, 6) is -2.87. The summed E-state index contributed by atoms with van der Waals surface area (Å²) in [7, 11) is 1.51. The molecule has 0 bridgehead atoms. The van der Waals surface area contributed by atoms with Gasteiger partial charge in [0.25, 0.3) is 5.91 Å². The van der Waals surface area contributed by atoms with Crippen molar-refractivity contribution in [3.63, 3.8) is 0 Å². The number of ether oxygens (including phenoxy) is 1. The number of likely N-dealkylation sites (tertiary alicyclic amines) is 1. The van der Waals surface area contributed by atoms with Gasteiger partial charge in [0.15, 0.2) is 12.4 Å². The van der Waals surface area contributed by atoms with Gasteiger partial charge in [0, 0.05) is 24.1 Å². The lowest BCUT2D eigenvalue weighted by atomic mass is 9.74. The Morgan fingerprint density at radius 3 is 2.32 bits per heavy atom. The summed E-state index contributed by atoms with van der Waals surface area (Å²) >= 11 is 6.42. The second kappa shape index (κ2) is 9.86. The molecule has 182 valence electrons. The number of carbonyl (C=O) groups excluding carboxylic acids is 5. The molecule has 1 heterocycles. The maximum absolute atomic E-state index is 13.1. The Balaban J connectivity index is 1.43. The maximum Gasteiger partial charge on any atom is 0.326 e. The van der Waals surface area contributed by atoms with Gasteiger partial charge in [-0.25, -0.2) is 0 Å². The predicted octanol–water partition coefficient (Wildman–Crippen LogP) is 2.86. The fourth-order valence-corrected chi connectivity index (χ4v) is 5.94. The third-order valence-electron chi connectivity index (χ3n) is 7.50. The first-order valence-electron chi connectivity index (χ1n) is 11.8. The number of rotatable bonds is 6. The molecule has 2 aliphatic carbocycles. The van der Waals surface area contributed by atoms with Crippen molar-refractivity contribution in [2.45, 2.75) is 56.9 Å². The van der Waals surface area contributed by atoms with Gasteiger partial charge in [-0.2, -0.15) is 0 Å². The number of hydrogen-bond acceptors (Lipinski definition) is 6. The Hall–Kier alpha value is -2.74. The summed E-state index contributed by atoms with van der Waals surface area (Å²) in [5.41, 5.74) is -0.671. The molecule has 1 saturated heterocycles. The molecule has 34 heavy (non-hydrogen) atoms. The van der Waals surface area contributed by atoms with Crippen LogP contribution in [0.1, 0.15) is 56.9 Å². The number of Topliss-reactive ketones (excluding diaryl/α,β-unsaturated/α-hetero) is 1. The Morgan fingerprint density at radius 1 is 1.06 bits per heavy atom. The predicted molar refractivity (Wildman–Crippen MR) is 123 cm³/mol. The lowest BCUT2D eigenvalue weighted by Gasteiger charge is -2.43. The van der Waals surface area contributed by atoms with Crippen molar-refractivity contribution in [2.75, 3.05) is 20.2 Å². The van der Waals surface area contributed by atoms with E-state index in [4.69, 9.17) is 16.3 Å². The third kappa shape index (κ3) is 4.24. The number of halogens is 1. The molecular weight excluding hydrogens is 460 g/mol. The molecule has 1 aliphatic heterocycles. The van der Waals surface area contributed by atoms with Crippen LogP contribution < -0.4 is 0 Å². The maximum atomic E-state index is 13.1. The Kier molecular flexibility index (Phi) is 7.07. The van der Waals surface area contributed by atoms with Crippen molar-refractivity contribution in [3.05, 3.63) is 34.9 Å². The van der Waals surface area contributed by atoms with E-state index >= 15 is 0 Å². The van der Waals surface area contributed by atoms with Crippen LogP contribution in [0.2, 0.25) is 5.02 Å². The Morgan fingerprint density at radius 2 is 1.71 bits per heavy atom. The largest absolute Gasteiger partial charge is 0.454 e. The topological polar surface area (TPSA) is 101 Å². The van der Waals surface area contributed by atoms with E-state index in [1.165, 1.54) is 11.9 Å². The highest BCUT2D eigenvalue weighted by Crippen LogP contribution is 2.42. The normalized spacial score (nSPS) is 26.9. The van der Waals surface area contributed by atoms with Gasteiger partial charge in [-0.3, -0.25) is 28.9 Å². The molecule has 1 aromatic carbocycles. The van der Waals surface area contributed by atoms with Crippen LogP contribution in [0.4, 0.5) is 0 Å². The number of ketones is 1. The first-order chi connectivity index (χ1) is 16.3. The van der Waals surface area contributed by atoms with Crippen LogP contribution in [0.3, 0.4) is 0 Å². The molecule has 3 amide bonds. The molecule has 4 rings (SSSR count). The molecule has 2 saturated carbocycles. The van der Waals surface area contributed by atoms with Crippen molar-refractivity contribution < 1.29 is 28.7 Å². The van der Waals surface area contributed by atoms with Crippen LogP contribution in [0.15, 0.2) is 24.3 Å². The van der Waals surface area contributed by atoms with Gasteiger partial charge in [-0.05, 0) is 38.2 Å². The molecule has 0 N–H and O–H groups in total. The minimum atomic E-state index is -1.23. The van der Waals surface area contributed by atoms with Crippen LogP contribution in [0, 0.1) is 11.8 Å². The van der Waals surface area contributed by atoms with Crippen molar-refractivity contribution >= 4 is 41.1 Å². The van der Waals surface area contributed by atoms with E-state index in [9.17, 15) is 24.0 Å². The van der Waals surface area contributed by atoms with Crippen molar-refractivity contribution in [1.82, 2.24) is 9.80 Å².